The lowest BCUT2D eigenvalue weighted by atomic mass is 10.1. The van der Waals surface area contributed by atoms with E-state index in [1.54, 1.807) is 29.2 Å². The number of likely N-dealkylation sites (tertiary alicyclic amines) is 1. The molecule has 4 rings (SSSR count). The quantitative estimate of drug-likeness (QED) is 0.848. The molecule has 2 fully saturated rings. The normalized spacial score (nSPS) is 17.3. The molecule has 2 aliphatic rings. The SMILES string of the molecule is O=C(Nc1cccc(CN2CCCC2)c1)c1ccc(C(=O)N2CCOCC2)cc1. The van der Waals surface area contributed by atoms with E-state index in [-0.39, 0.29) is 11.8 Å². The predicted molar refractivity (Wildman–Crippen MR) is 112 cm³/mol. The van der Waals surface area contributed by atoms with E-state index < -0.39 is 0 Å². The molecule has 0 atom stereocenters. The highest BCUT2D eigenvalue weighted by molar-refractivity contribution is 6.05. The summed E-state index contributed by atoms with van der Waals surface area (Å²) in [5, 5.41) is 2.97. The van der Waals surface area contributed by atoms with Crippen LogP contribution in [0.15, 0.2) is 48.5 Å². The van der Waals surface area contributed by atoms with Gasteiger partial charge in [0.05, 0.1) is 13.2 Å². The van der Waals surface area contributed by atoms with Crippen LogP contribution in [0, 0.1) is 0 Å². The van der Waals surface area contributed by atoms with E-state index in [0.717, 1.165) is 25.3 Å². The second-order valence-electron chi connectivity index (χ2n) is 7.62. The highest BCUT2D eigenvalue weighted by Crippen LogP contribution is 2.17. The molecule has 0 aliphatic carbocycles. The van der Waals surface area contributed by atoms with Gasteiger partial charge in [0.2, 0.25) is 0 Å². The second kappa shape index (κ2) is 9.20. The summed E-state index contributed by atoms with van der Waals surface area (Å²) < 4.78 is 5.29. The number of anilines is 1. The molecule has 1 N–H and O–H groups in total. The maximum atomic E-state index is 12.6. The van der Waals surface area contributed by atoms with Crippen LogP contribution < -0.4 is 5.32 Å². The maximum absolute atomic E-state index is 12.6. The molecular weight excluding hydrogens is 366 g/mol. The van der Waals surface area contributed by atoms with Crippen LogP contribution in [0.4, 0.5) is 5.69 Å². The van der Waals surface area contributed by atoms with Crippen molar-refractivity contribution in [3.8, 4) is 0 Å². The average molecular weight is 393 g/mol. The lowest BCUT2D eigenvalue weighted by Crippen LogP contribution is -2.40. The first-order valence-electron chi connectivity index (χ1n) is 10.3. The molecule has 6 heteroatoms. The average Bonchev–Trinajstić information content (AvgIpc) is 3.27. The molecule has 6 nitrogen and oxygen atoms in total. The molecule has 0 spiro atoms. The van der Waals surface area contributed by atoms with Gasteiger partial charge in [-0.05, 0) is 67.9 Å². The van der Waals surface area contributed by atoms with Crippen LogP contribution in [0.25, 0.3) is 0 Å². The van der Waals surface area contributed by atoms with Crippen molar-refractivity contribution in [2.45, 2.75) is 19.4 Å². The van der Waals surface area contributed by atoms with Crippen LogP contribution in [0.5, 0.6) is 0 Å². The van der Waals surface area contributed by atoms with Crippen LogP contribution in [0.3, 0.4) is 0 Å². The zero-order valence-corrected chi connectivity index (χ0v) is 16.6. The predicted octanol–water partition coefficient (Wildman–Crippen LogP) is 3.01. The maximum Gasteiger partial charge on any atom is 0.255 e. The Bertz CT molecular complexity index is 854. The first-order chi connectivity index (χ1) is 14.2. The van der Waals surface area contributed by atoms with Crippen molar-refractivity contribution in [1.82, 2.24) is 9.80 Å². The zero-order chi connectivity index (χ0) is 20.1. The number of nitrogens with one attached hydrogen (secondary N) is 1. The summed E-state index contributed by atoms with van der Waals surface area (Å²) in [5.41, 5.74) is 3.13. The molecule has 2 aliphatic heterocycles. The van der Waals surface area contributed by atoms with Gasteiger partial charge in [0, 0.05) is 36.4 Å². The molecule has 0 radical (unpaired) electrons. The minimum Gasteiger partial charge on any atom is -0.378 e. The van der Waals surface area contributed by atoms with E-state index in [4.69, 9.17) is 4.74 Å². The molecule has 2 saturated heterocycles. The summed E-state index contributed by atoms with van der Waals surface area (Å²) in [7, 11) is 0. The Kier molecular flexibility index (Phi) is 6.22. The number of rotatable bonds is 5. The molecule has 2 heterocycles. The van der Waals surface area contributed by atoms with Crippen molar-refractivity contribution in [2.24, 2.45) is 0 Å². The third kappa shape index (κ3) is 5.02. The Labute approximate surface area is 171 Å². The van der Waals surface area contributed by atoms with Crippen LogP contribution in [-0.4, -0.2) is 61.0 Å². The zero-order valence-electron chi connectivity index (χ0n) is 16.6. The van der Waals surface area contributed by atoms with Crippen LogP contribution in [-0.2, 0) is 11.3 Å². The fraction of sp³-hybridized carbons (Fsp3) is 0.391. The number of ether oxygens (including phenoxy) is 1. The number of benzene rings is 2. The smallest absolute Gasteiger partial charge is 0.255 e. The minimum atomic E-state index is -0.173. The Morgan fingerprint density at radius 2 is 1.59 bits per heavy atom. The number of hydrogen-bond acceptors (Lipinski definition) is 4. The lowest BCUT2D eigenvalue weighted by molar-refractivity contribution is 0.0303. The molecule has 0 unspecified atom stereocenters. The van der Waals surface area contributed by atoms with Gasteiger partial charge in [-0.1, -0.05) is 12.1 Å². The van der Waals surface area contributed by atoms with Gasteiger partial charge in [0.15, 0.2) is 0 Å². The van der Waals surface area contributed by atoms with Crippen LogP contribution in [0.1, 0.15) is 39.1 Å². The Balaban J connectivity index is 1.37. The van der Waals surface area contributed by atoms with Gasteiger partial charge < -0.3 is 15.0 Å². The first kappa shape index (κ1) is 19.6. The largest absolute Gasteiger partial charge is 0.378 e. The van der Waals surface area contributed by atoms with E-state index in [1.807, 2.05) is 18.2 Å². The number of hydrogen-bond donors (Lipinski definition) is 1. The van der Waals surface area contributed by atoms with E-state index >= 15 is 0 Å². The van der Waals surface area contributed by atoms with Crippen molar-refractivity contribution >= 4 is 17.5 Å². The van der Waals surface area contributed by atoms with Crippen LogP contribution >= 0.6 is 0 Å². The number of morpholine rings is 1. The number of nitrogens with zero attached hydrogens (tertiary/aromatic N) is 2. The molecule has 29 heavy (non-hydrogen) atoms. The summed E-state index contributed by atoms with van der Waals surface area (Å²) >= 11 is 0. The molecular formula is C23H27N3O3. The number of amides is 2. The molecule has 2 aromatic rings. The van der Waals surface area contributed by atoms with E-state index in [9.17, 15) is 9.59 Å². The fourth-order valence-corrected chi connectivity index (χ4v) is 3.86. The van der Waals surface area contributed by atoms with Gasteiger partial charge in [0.25, 0.3) is 11.8 Å². The third-order valence-corrected chi connectivity index (χ3v) is 5.48. The first-order valence-corrected chi connectivity index (χ1v) is 10.3. The summed E-state index contributed by atoms with van der Waals surface area (Å²) in [6.07, 6.45) is 2.53. The van der Waals surface area contributed by atoms with Crippen molar-refractivity contribution in [1.29, 1.82) is 0 Å². The Morgan fingerprint density at radius 3 is 2.31 bits per heavy atom. The number of carbonyl (C=O) groups excluding carboxylic acids is 2. The fourth-order valence-electron chi connectivity index (χ4n) is 3.86. The summed E-state index contributed by atoms with van der Waals surface area (Å²) in [6.45, 7) is 5.57. The van der Waals surface area contributed by atoms with Gasteiger partial charge in [-0.15, -0.1) is 0 Å². The monoisotopic (exact) mass is 393 g/mol. The molecule has 0 saturated carbocycles. The standard InChI is InChI=1S/C23H27N3O3/c27-22(24-21-5-3-4-18(16-21)17-25-10-1-2-11-25)19-6-8-20(9-7-19)23(28)26-12-14-29-15-13-26/h3-9,16H,1-2,10-15,17H2,(H,24,27). The summed E-state index contributed by atoms with van der Waals surface area (Å²) in [6, 6.07) is 14.9. The van der Waals surface area contributed by atoms with E-state index in [0.29, 0.717) is 37.4 Å². The van der Waals surface area contributed by atoms with Gasteiger partial charge in [-0.25, -0.2) is 0 Å². The van der Waals surface area contributed by atoms with Crippen molar-refractivity contribution in [3.63, 3.8) is 0 Å². The van der Waals surface area contributed by atoms with Crippen molar-refractivity contribution in [2.75, 3.05) is 44.7 Å². The Morgan fingerprint density at radius 1 is 0.897 bits per heavy atom. The molecule has 2 aromatic carbocycles. The van der Waals surface area contributed by atoms with Gasteiger partial charge in [-0.3, -0.25) is 14.5 Å². The van der Waals surface area contributed by atoms with Gasteiger partial charge >= 0.3 is 0 Å². The molecule has 2 amide bonds. The summed E-state index contributed by atoms with van der Waals surface area (Å²) in [4.78, 5) is 29.4. The van der Waals surface area contributed by atoms with E-state index in [2.05, 4.69) is 16.3 Å². The Hall–Kier alpha value is -2.70. The molecule has 0 aromatic heterocycles. The minimum absolute atomic E-state index is 0.0186. The van der Waals surface area contributed by atoms with Gasteiger partial charge in [-0.2, -0.15) is 0 Å². The highest BCUT2D eigenvalue weighted by atomic mass is 16.5. The summed E-state index contributed by atoms with van der Waals surface area (Å²) in [5.74, 6) is -0.191. The van der Waals surface area contributed by atoms with Gasteiger partial charge in [0.1, 0.15) is 0 Å². The topological polar surface area (TPSA) is 61.9 Å². The molecule has 152 valence electrons. The van der Waals surface area contributed by atoms with E-state index in [1.165, 1.54) is 18.4 Å². The molecule has 0 bridgehead atoms. The van der Waals surface area contributed by atoms with Crippen LogP contribution in [0.2, 0.25) is 0 Å². The third-order valence-electron chi connectivity index (χ3n) is 5.48. The highest BCUT2D eigenvalue weighted by Gasteiger charge is 2.19. The lowest BCUT2D eigenvalue weighted by Gasteiger charge is -2.26. The van der Waals surface area contributed by atoms with Crippen molar-refractivity contribution < 1.29 is 14.3 Å². The number of carbonyl (C=O) groups is 2. The second-order valence-corrected chi connectivity index (χ2v) is 7.62. The van der Waals surface area contributed by atoms with Crippen molar-refractivity contribution in [3.05, 3.63) is 65.2 Å².